The molecule has 3 heteroatoms. The zero-order valence-electron chi connectivity index (χ0n) is 8.15. The van der Waals surface area contributed by atoms with Crippen molar-refractivity contribution in [3.63, 3.8) is 0 Å². The third kappa shape index (κ3) is 9.85. The van der Waals surface area contributed by atoms with E-state index in [4.69, 9.17) is 0 Å². The second kappa shape index (κ2) is 12.5. The molecule has 0 radical (unpaired) electrons. The Bertz CT molecular complexity index is 54.1. The van der Waals surface area contributed by atoms with Crippen molar-refractivity contribution in [2.24, 2.45) is 0 Å². The molecule has 1 aliphatic rings. The first-order valence-corrected chi connectivity index (χ1v) is 4.16. The summed E-state index contributed by atoms with van der Waals surface area (Å²) in [6.07, 6.45) is 0. The predicted octanol–water partition coefficient (Wildman–Crippen LogP) is 1.13. The van der Waals surface area contributed by atoms with Crippen LogP contribution in [0.25, 0.3) is 0 Å². The molecule has 1 N–H and O–H groups in total. The van der Waals surface area contributed by atoms with Gasteiger partial charge in [-0.3, -0.25) is 4.39 Å². The van der Waals surface area contributed by atoms with Crippen molar-refractivity contribution in [1.29, 1.82) is 0 Å². The van der Waals surface area contributed by atoms with Gasteiger partial charge in [0.15, 0.2) is 0 Å². The first kappa shape index (κ1) is 13.4. The van der Waals surface area contributed by atoms with Crippen LogP contribution in [0.2, 0.25) is 0 Å². The van der Waals surface area contributed by atoms with Crippen LogP contribution in [0.15, 0.2) is 0 Å². The molecule has 1 rings (SSSR count). The summed E-state index contributed by atoms with van der Waals surface area (Å²) in [5.74, 6) is 0. The van der Waals surface area contributed by atoms with Gasteiger partial charge in [-0.05, 0) is 7.05 Å². The fourth-order valence-electron chi connectivity index (χ4n) is 0.777. The molecule has 0 amide bonds. The van der Waals surface area contributed by atoms with Gasteiger partial charge in [-0.25, -0.2) is 0 Å². The maximum Gasteiger partial charge on any atom is 0.0785 e. The Morgan fingerprint density at radius 2 is 1.45 bits per heavy atom. The molecule has 0 aromatic carbocycles. The molecule has 0 spiro atoms. The predicted molar refractivity (Wildman–Crippen MR) is 48.7 cm³/mol. The molecule has 1 aliphatic heterocycles. The molecular weight excluding hydrogens is 143 g/mol. The standard InChI is InChI=1S/C5H12N2.C2H6.CH3F/c1-7-4-2-6-3-5-7;2*1-2/h6H,2-5H2,1H3;1-2H3;1H3. The Labute approximate surface area is 69.8 Å². The van der Waals surface area contributed by atoms with Gasteiger partial charge in [-0.2, -0.15) is 0 Å². The fourth-order valence-corrected chi connectivity index (χ4v) is 0.777. The van der Waals surface area contributed by atoms with Crippen molar-refractivity contribution >= 4 is 0 Å². The van der Waals surface area contributed by atoms with Gasteiger partial charge < -0.3 is 10.2 Å². The maximum absolute atomic E-state index is 9.50. The van der Waals surface area contributed by atoms with Crippen molar-refractivity contribution in [1.82, 2.24) is 10.2 Å². The van der Waals surface area contributed by atoms with Crippen molar-refractivity contribution in [2.75, 3.05) is 40.4 Å². The number of halogens is 1. The molecule has 11 heavy (non-hydrogen) atoms. The quantitative estimate of drug-likeness (QED) is 0.577. The number of hydrogen-bond acceptors (Lipinski definition) is 2. The summed E-state index contributed by atoms with van der Waals surface area (Å²) in [7, 11) is 2.65. The molecule has 0 bridgehead atoms. The normalized spacial score (nSPS) is 17.2. The summed E-state index contributed by atoms with van der Waals surface area (Å²) in [6.45, 7) is 8.74. The first-order valence-electron chi connectivity index (χ1n) is 4.16. The van der Waals surface area contributed by atoms with Crippen LogP contribution in [0.3, 0.4) is 0 Å². The molecule has 0 aliphatic carbocycles. The molecule has 1 saturated heterocycles. The van der Waals surface area contributed by atoms with Crippen LogP contribution < -0.4 is 5.32 Å². The van der Waals surface area contributed by atoms with Gasteiger partial charge >= 0.3 is 0 Å². The molecule has 0 saturated carbocycles. The molecule has 1 fully saturated rings. The average Bonchev–Trinajstić information content (AvgIpc) is 2.13. The Morgan fingerprint density at radius 3 is 1.64 bits per heavy atom. The number of likely N-dealkylation sites (N-methyl/N-ethyl adjacent to an activating group) is 1. The Morgan fingerprint density at radius 1 is 1.09 bits per heavy atom. The van der Waals surface area contributed by atoms with E-state index in [1.54, 1.807) is 0 Å². The van der Waals surface area contributed by atoms with Gasteiger partial charge in [0.2, 0.25) is 0 Å². The third-order valence-electron chi connectivity index (χ3n) is 1.34. The average molecular weight is 164 g/mol. The van der Waals surface area contributed by atoms with Crippen LogP contribution in [-0.4, -0.2) is 45.3 Å². The van der Waals surface area contributed by atoms with Crippen molar-refractivity contribution in [2.45, 2.75) is 13.8 Å². The number of alkyl halides is 1. The van der Waals surface area contributed by atoms with Gasteiger partial charge in [0, 0.05) is 26.2 Å². The number of nitrogens with zero attached hydrogens (tertiary/aromatic N) is 1. The lowest BCUT2D eigenvalue weighted by Crippen LogP contribution is -2.40. The van der Waals surface area contributed by atoms with E-state index in [9.17, 15) is 4.39 Å². The summed E-state index contributed by atoms with van der Waals surface area (Å²) in [4.78, 5) is 2.33. The van der Waals surface area contributed by atoms with Crippen LogP contribution in [0, 0.1) is 0 Å². The molecule has 0 atom stereocenters. The van der Waals surface area contributed by atoms with Crippen LogP contribution >= 0.6 is 0 Å². The molecular formula is C8H21FN2. The molecule has 0 aromatic heterocycles. The third-order valence-corrected chi connectivity index (χ3v) is 1.34. The molecule has 1 heterocycles. The minimum atomic E-state index is 0.500. The lowest BCUT2D eigenvalue weighted by molar-refractivity contribution is 0.291. The van der Waals surface area contributed by atoms with Crippen molar-refractivity contribution in [3.05, 3.63) is 0 Å². The summed E-state index contributed by atoms with van der Waals surface area (Å²) in [5.41, 5.74) is 0. The van der Waals surface area contributed by atoms with E-state index in [1.807, 2.05) is 13.8 Å². The first-order chi connectivity index (χ1) is 5.39. The SMILES string of the molecule is CC.CF.CN1CCNCC1. The smallest absolute Gasteiger partial charge is 0.0785 e. The largest absolute Gasteiger partial charge is 0.314 e. The topological polar surface area (TPSA) is 15.3 Å². The van der Waals surface area contributed by atoms with Gasteiger partial charge in [-0.15, -0.1) is 0 Å². The van der Waals surface area contributed by atoms with Crippen LogP contribution in [0.5, 0.6) is 0 Å². The highest BCUT2D eigenvalue weighted by Gasteiger charge is 2.01. The van der Waals surface area contributed by atoms with E-state index in [1.165, 1.54) is 13.1 Å². The molecule has 70 valence electrons. The molecule has 2 nitrogen and oxygen atoms in total. The fraction of sp³-hybridized carbons (Fsp3) is 1.00. The van der Waals surface area contributed by atoms with E-state index in [0.29, 0.717) is 7.18 Å². The monoisotopic (exact) mass is 164 g/mol. The lowest BCUT2D eigenvalue weighted by Gasteiger charge is -2.21. The van der Waals surface area contributed by atoms with Gasteiger partial charge in [0.1, 0.15) is 0 Å². The minimum absolute atomic E-state index is 0.500. The number of rotatable bonds is 0. The van der Waals surface area contributed by atoms with Crippen LogP contribution in [0.4, 0.5) is 4.39 Å². The Hall–Kier alpha value is -0.150. The maximum atomic E-state index is 9.50. The second-order valence-corrected chi connectivity index (χ2v) is 2.05. The number of hydrogen-bond donors (Lipinski definition) is 1. The highest BCUT2D eigenvalue weighted by Crippen LogP contribution is 1.82. The zero-order valence-corrected chi connectivity index (χ0v) is 8.15. The van der Waals surface area contributed by atoms with Crippen molar-refractivity contribution < 1.29 is 4.39 Å². The Balaban J connectivity index is 0. The highest BCUT2D eigenvalue weighted by molar-refractivity contribution is 4.62. The minimum Gasteiger partial charge on any atom is -0.314 e. The number of nitrogens with one attached hydrogen (secondary N) is 1. The lowest BCUT2D eigenvalue weighted by atomic mass is 10.4. The van der Waals surface area contributed by atoms with Crippen LogP contribution in [-0.2, 0) is 0 Å². The van der Waals surface area contributed by atoms with Gasteiger partial charge in [0.25, 0.3) is 0 Å². The van der Waals surface area contributed by atoms with Gasteiger partial charge in [-0.1, -0.05) is 13.8 Å². The van der Waals surface area contributed by atoms with Crippen molar-refractivity contribution in [3.8, 4) is 0 Å². The summed E-state index contributed by atoms with van der Waals surface area (Å²) in [6, 6.07) is 0. The zero-order chi connectivity index (χ0) is 9.11. The van der Waals surface area contributed by atoms with E-state index in [-0.39, 0.29) is 0 Å². The highest BCUT2D eigenvalue weighted by atomic mass is 19.1. The summed E-state index contributed by atoms with van der Waals surface area (Å²) in [5, 5.41) is 3.27. The van der Waals surface area contributed by atoms with E-state index >= 15 is 0 Å². The van der Waals surface area contributed by atoms with E-state index in [0.717, 1.165) is 13.1 Å². The van der Waals surface area contributed by atoms with Gasteiger partial charge in [0.05, 0.1) is 7.18 Å². The Kier molecular flexibility index (Phi) is 15.3. The second-order valence-electron chi connectivity index (χ2n) is 2.05. The van der Waals surface area contributed by atoms with E-state index < -0.39 is 0 Å². The summed E-state index contributed by atoms with van der Waals surface area (Å²) < 4.78 is 9.50. The number of piperazine rings is 1. The van der Waals surface area contributed by atoms with E-state index in [2.05, 4.69) is 17.3 Å². The van der Waals surface area contributed by atoms with Crippen LogP contribution in [0.1, 0.15) is 13.8 Å². The molecule has 0 unspecified atom stereocenters. The summed E-state index contributed by atoms with van der Waals surface area (Å²) >= 11 is 0. The molecule has 0 aromatic rings.